The van der Waals surface area contributed by atoms with Crippen LogP contribution < -0.4 is 11.1 Å². The van der Waals surface area contributed by atoms with Gasteiger partial charge in [0, 0.05) is 6.04 Å². The molecule has 1 aromatic rings. The van der Waals surface area contributed by atoms with Crippen LogP contribution in [0.2, 0.25) is 0 Å². The summed E-state index contributed by atoms with van der Waals surface area (Å²) in [6.07, 6.45) is 5.33. The van der Waals surface area contributed by atoms with Crippen molar-refractivity contribution < 1.29 is 0 Å². The van der Waals surface area contributed by atoms with Gasteiger partial charge in [0.05, 0.1) is 11.4 Å². The number of hydrogen-bond donors (Lipinski definition) is 2. The molecular formula is C14H22N2. The molecule has 1 aliphatic rings. The number of hydrogen-bond acceptors (Lipinski definition) is 2. The SMILES string of the molecule is Cc1ccc(N)c(NC2CCCCC2C)c1. The van der Waals surface area contributed by atoms with Crippen LogP contribution in [0.25, 0.3) is 0 Å². The lowest BCUT2D eigenvalue weighted by atomic mass is 9.86. The monoisotopic (exact) mass is 218 g/mol. The molecule has 3 N–H and O–H groups in total. The number of benzene rings is 1. The summed E-state index contributed by atoms with van der Waals surface area (Å²) >= 11 is 0. The van der Waals surface area contributed by atoms with Gasteiger partial charge in [-0.25, -0.2) is 0 Å². The Balaban J connectivity index is 2.10. The van der Waals surface area contributed by atoms with E-state index < -0.39 is 0 Å². The summed E-state index contributed by atoms with van der Waals surface area (Å²) in [4.78, 5) is 0. The van der Waals surface area contributed by atoms with E-state index in [9.17, 15) is 0 Å². The summed E-state index contributed by atoms with van der Waals surface area (Å²) in [5.41, 5.74) is 9.23. The van der Waals surface area contributed by atoms with E-state index in [2.05, 4.69) is 31.3 Å². The number of aryl methyl sites for hydroxylation is 1. The molecular weight excluding hydrogens is 196 g/mol. The van der Waals surface area contributed by atoms with Crippen molar-refractivity contribution in [2.24, 2.45) is 5.92 Å². The molecule has 1 fully saturated rings. The molecule has 0 saturated heterocycles. The van der Waals surface area contributed by atoms with E-state index in [1.807, 2.05) is 6.07 Å². The number of nitrogen functional groups attached to an aromatic ring is 1. The molecule has 0 amide bonds. The van der Waals surface area contributed by atoms with Gasteiger partial charge in [-0.1, -0.05) is 25.8 Å². The minimum absolute atomic E-state index is 0.595. The highest BCUT2D eigenvalue weighted by molar-refractivity contribution is 5.67. The van der Waals surface area contributed by atoms with Crippen LogP contribution in [0.1, 0.15) is 38.2 Å². The van der Waals surface area contributed by atoms with Crippen LogP contribution in [-0.4, -0.2) is 6.04 Å². The second kappa shape index (κ2) is 4.77. The van der Waals surface area contributed by atoms with Gasteiger partial charge in [-0.2, -0.15) is 0 Å². The number of nitrogens with two attached hydrogens (primary N) is 1. The second-order valence-corrected chi connectivity index (χ2v) is 5.10. The Morgan fingerprint density at radius 1 is 1.25 bits per heavy atom. The first-order chi connectivity index (χ1) is 7.66. The topological polar surface area (TPSA) is 38.0 Å². The van der Waals surface area contributed by atoms with Gasteiger partial charge in [-0.15, -0.1) is 0 Å². The Labute approximate surface area is 98.2 Å². The minimum Gasteiger partial charge on any atom is -0.397 e. The summed E-state index contributed by atoms with van der Waals surface area (Å²) in [5.74, 6) is 0.758. The van der Waals surface area contributed by atoms with Crippen molar-refractivity contribution in [2.45, 2.75) is 45.6 Å². The third kappa shape index (κ3) is 2.49. The third-order valence-electron chi connectivity index (χ3n) is 3.66. The average molecular weight is 218 g/mol. The molecule has 0 aliphatic heterocycles. The highest BCUT2D eigenvalue weighted by atomic mass is 14.9. The smallest absolute Gasteiger partial charge is 0.0578 e. The standard InChI is InChI=1S/C14H22N2/c1-10-7-8-12(15)14(9-10)16-13-6-4-3-5-11(13)2/h7-9,11,13,16H,3-6,15H2,1-2H3. The maximum atomic E-state index is 5.99. The van der Waals surface area contributed by atoms with Gasteiger partial charge < -0.3 is 11.1 Å². The zero-order valence-electron chi connectivity index (χ0n) is 10.3. The molecule has 0 radical (unpaired) electrons. The molecule has 2 rings (SSSR count). The highest BCUT2D eigenvalue weighted by Crippen LogP contribution is 2.29. The summed E-state index contributed by atoms with van der Waals surface area (Å²) in [7, 11) is 0. The molecule has 2 heteroatoms. The fourth-order valence-electron chi connectivity index (χ4n) is 2.53. The van der Waals surface area contributed by atoms with Crippen LogP contribution in [0.5, 0.6) is 0 Å². The van der Waals surface area contributed by atoms with Gasteiger partial charge in [0.1, 0.15) is 0 Å². The van der Waals surface area contributed by atoms with E-state index in [1.165, 1.54) is 31.2 Å². The molecule has 0 bridgehead atoms. The predicted octanol–water partition coefficient (Wildman–Crippen LogP) is 3.57. The van der Waals surface area contributed by atoms with Crippen LogP contribution in [0.3, 0.4) is 0 Å². The van der Waals surface area contributed by atoms with Gasteiger partial charge in [0.25, 0.3) is 0 Å². The van der Waals surface area contributed by atoms with Gasteiger partial charge in [0.2, 0.25) is 0 Å². The lowest BCUT2D eigenvalue weighted by Gasteiger charge is -2.30. The lowest BCUT2D eigenvalue weighted by Crippen LogP contribution is -2.30. The van der Waals surface area contributed by atoms with E-state index in [1.54, 1.807) is 0 Å². The van der Waals surface area contributed by atoms with Crippen molar-refractivity contribution >= 4 is 11.4 Å². The Hall–Kier alpha value is -1.18. The van der Waals surface area contributed by atoms with Gasteiger partial charge in [-0.3, -0.25) is 0 Å². The van der Waals surface area contributed by atoms with E-state index >= 15 is 0 Å². The van der Waals surface area contributed by atoms with Crippen LogP contribution in [0.4, 0.5) is 11.4 Å². The summed E-state index contributed by atoms with van der Waals surface area (Å²) in [5, 5.41) is 3.61. The fraction of sp³-hybridized carbons (Fsp3) is 0.571. The van der Waals surface area contributed by atoms with Crippen molar-refractivity contribution in [1.29, 1.82) is 0 Å². The molecule has 0 aromatic heterocycles. The average Bonchev–Trinajstić information content (AvgIpc) is 2.27. The Kier molecular flexibility index (Phi) is 3.37. The van der Waals surface area contributed by atoms with E-state index in [-0.39, 0.29) is 0 Å². The Morgan fingerprint density at radius 3 is 2.75 bits per heavy atom. The van der Waals surface area contributed by atoms with E-state index in [4.69, 9.17) is 5.73 Å². The second-order valence-electron chi connectivity index (χ2n) is 5.10. The minimum atomic E-state index is 0.595. The van der Waals surface area contributed by atoms with Gasteiger partial charge in [0.15, 0.2) is 0 Å². The number of rotatable bonds is 2. The van der Waals surface area contributed by atoms with Crippen molar-refractivity contribution in [2.75, 3.05) is 11.1 Å². The molecule has 2 unspecified atom stereocenters. The summed E-state index contributed by atoms with van der Waals surface area (Å²) < 4.78 is 0. The molecule has 0 spiro atoms. The Morgan fingerprint density at radius 2 is 2.00 bits per heavy atom. The third-order valence-corrected chi connectivity index (χ3v) is 3.66. The maximum Gasteiger partial charge on any atom is 0.0578 e. The van der Waals surface area contributed by atoms with Crippen LogP contribution in [0.15, 0.2) is 18.2 Å². The van der Waals surface area contributed by atoms with Gasteiger partial charge >= 0.3 is 0 Å². The van der Waals surface area contributed by atoms with Crippen molar-refractivity contribution in [1.82, 2.24) is 0 Å². The highest BCUT2D eigenvalue weighted by Gasteiger charge is 2.21. The summed E-state index contributed by atoms with van der Waals surface area (Å²) in [6.45, 7) is 4.44. The van der Waals surface area contributed by atoms with E-state index in [0.29, 0.717) is 6.04 Å². The molecule has 88 valence electrons. The van der Waals surface area contributed by atoms with Gasteiger partial charge in [-0.05, 0) is 43.4 Å². The van der Waals surface area contributed by atoms with E-state index in [0.717, 1.165) is 17.3 Å². The molecule has 1 saturated carbocycles. The maximum absolute atomic E-state index is 5.99. The quantitative estimate of drug-likeness (QED) is 0.745. The van der Waals surface area contributed by atoms with Crippen molar-refractivity contribution in [3.05, 3.63) is 23.8 Å². The molecule has 2 atom stereocenters. The number of nitrogens with one attached hydrogen (secondary N) is 1. The van der Waals surface area contributed by atoms with Crippen LogP contribution in [0, 0.1) is 12.8 Å². The summed E-state index contributed by atoms with van der Waals surface area (Å²) in [6, 6.07) is 6.80. The largest absolute Gasteiger partial charge is 0.397 e. The first kappa shape index (κ1) is 11.3. The molecule has 2 nitrogen and oxygen atoms in total. The molecule has 1 aromatic carbocycles. The fourth-order valence-corrected chi connectivity index (χ4v) is 2.53. The van der Waals surface area contributed by atoms with Crippen LogP contribution in [-0.2, 0) is 0 Å². The van der Waals surface area contributed by atoms with Crippen molar-refractivity contribution in [3.8, 4) is 0 Å². The van der Waals surface area contributed by atoms with Crippen molar-refractivity contribution in [3.63, 3.8) is 0 Å². The normalized spacial score (nSPS) is 25.4. The lowest BCUT2D eigenvalue weighted by molar-refractivity contribution is 0.349. The molecule has 16 heavy (non-hydrogen) atoms. The first-order valence-corrected chi connectivity index (χ1v) is 6.29. The molecule has 0 heterocycles. The van der Waals surface area contributed by atoms with Crippen LogP contribution >= 0.6 is 0 Å². The zero-order valence-corrected chi connectivity index (χ0v) is 10.3. The number of anilines is 2. The predicted molar refractivity (Wildman–Crippen MR) is 70.6 cm³/mol. The zero-order chi connectivity index (χ0) is 11.5. The molecule has 1 aliphatic carbocycles. The Bertz CT molecular complexity index is 360. The first-order valence-electron chi connectivity index (χ1n) is 6.29.